The van der Waals surface area contributed by atoms with Gasteiger partial charge in [0.05, 0.1) is 25.4 Å². The molecular weight excluding hydrogens is 983 g/mol. The highest BCUT2D eigenvalue weighted by atomic mass is 16.5. The molecule has 1 amide bonds. The molecule has 6 heteroatoms. The molecule has 2 unspecified atom stereocenters. The highest BCUT2D eigenvalue weighted by molar-refractivity contribution is 5.76. The summed E-state index contributed by atoms with van der Waals surface area (Å²) in [5.41, 5.74) is 0. The Morgan fingerprint density at radius 3 is 0.887 bits per heavy atom. The third-order valence-corrected chi connectivity index (χ3v) is 17.6. The van der Waals surface area contributed by atoms with E-state index in [1.54, 1.807) is 0 Å². The second-order valence-corrected chi connectivity index (χ2v) is 25.6. The van der Waals surface area contributed by atoms with Gasteiger partial charge in [0.2, 0.25) is 5.91 Å². The average molecular weight is 1130 g/mol. The van der Waals surface area contributed by atoms with Gasteiger partial charge in [-0.3, -0.25) is 9.59 Å². The lowest BCUT2D eigenvalue weighted by atomic mass is 10.0. The Bertz CT molecular complexity index is 1210. The minimum absolute atomic E-state index is 0.0252. The maximum atomic E-state index is 12.5. The number of amides is 1. The average Bonchev–Trinajstić information content (AvgIpc) is 3.46. The van der Waals surface area contributed by atoms with E-state index in [1.165, 1.54) is 353 Å². The van der Waals surface area contributed by atoms with Crippen LogP contribution in [0.5, 0.6) is 0 Å². The molecule has 0 bridgehead atoms. The summed E-state index contributed by atoms with van der Waals surface area (Å²) in [6.45, 7) is 4.99. The van der Waals surface area contributed by atoms with E-state index in [9.17, 15) is 19.8 Å². The Labute approximate surface area is 501 Å². The number of esters is 1. The Kier molecular flexibility index (Phi) is 68.9. The molecule has 476 valence electrons. The predicted molar refractivity (Wildman–Crippen MR) is 352 cm³/mol. The molecular formula is C74H145NO5. The minimum Gasteiger partial charge on any atom is -0.466 e. The first kappa shape index (κ1) is 78.6. The van der Waals surface area contributed by atoms with Crippen molar-refractivity contribution in [1.29, 1.82) is 0 Å². The highest BCUT2D eigenvalue weighted by Crippen LogP contribution is 2.19. The molecule has 6 nitrogen and oxygen atoms in total. The zero-order valence-electron chi connectivity index (χ0n) is 54.6. The van der Waals surface area contributed by atoms with Gasteiger partial charge in [0.1, 0.15) is 0 Å². The quantitative estimate of drug-likeness (QED) is 0.0320. The number of carbonyl (C=O) groups is 2. The van der Waals surface area contributed by atoms with E-state index in [0.717, 1.165) is 38.5 Å². The van der Waals surface area contributed by atoms with Crippen molar-refractivity contribution < 1.29 is 24.5 Å². The van der Waals surface area contributed by atoms with Crippen LogP contribution in [0.3, 0.4) is 0 Å². The summed E-state index contributed by atoms with van der Waals surface area (Å²) in [6, 6.07) is -0.536. The largest absolute Gasteiger partial charge is 0.466 e. The fourth-order valence-corrected chi connectivity index (χ4v) is 11.9. The van der Waals surface area contributed by atoms with Crippen LogP contribution in [0.1, 0.15) is 425 Å². The molecule has 0 radical (unpaired) electrons. The Morgan fingerprint density at radius 2 is 0.588 bits per heavy atom. The lowest BCUT2D eigenvalue weighted by Crippen LogP contribution is -2.45. The molecule has 0 spiro atoms. The Hall–Kier alpha value is -1.40. The van der Waals surface area contributed by atoms with E-state index in [2.05, 4.69) is 31.3 Å². The van der Waals surface area contributed by atoms with Crippen LogP contribution in [0.4, 0.5) is 0 Å². The zero-order chi connectivity index (χ0) is 57.8. The van der Waals surface area contributed by atoms with E-state index in [0.29, 0.717) is 25.9 Å². The van der Waals surface area contributed by atoms with Crippen molar-refractivity contribution in [1.82, 2.24) is 5.32 Å². The van der Waals surface area contributed by atoms with Crippen molar-refractivity contribution in [2.24, 2.45) is 0 Å². The molecule has 0 aliphatic rings. The first-order valence-electron chi connectivity index (χ1n) is 36.9. The molecule has 0 heterocycles. The van der Waals surface area contributed by atoms with Crippen LogP contribution < -0.4 is 5.32 Å². The van der Waals surface area contributed by atoms with Crippen LogP contribution >= 0.6 is 0 Å². The predicted octanol–water partition coefficient (Wildman–Crippen LogP) is 23.9. The molecule has 0 aromatic rings. The Morgan fingerprint density at radius 1 is 0.338 bits per heavy atom. The van der Waals surface area contributed by atoms with Crippen molar-refractivity contribution in [3.05, 3.63) is 12.2 Å². The topological polar surface area (TPSA) is 95.9 Å². The maximum Gasteiger partial charge on any atom is 0.305 e. The van der Waals surface area contributed by atoms with Gasteiger partial charge in [-0.25, -0.2) is 0 Å². The van der Waals surface area contributed by atoms with E-state index < -0.39 is 12.1 Å². The van der Waals surface area contributed by atoms with Crippen LogP contribution in [-0.2, 0) is 14.3 Å². The zero-order valence-corrected chi connectivity index (χ0v) is 54.6. The smallest absolute Gasteiger partial charge is 0.305 e. The molecule has 0 aromatic carbocycles. The second kappa shape index (κ2) is 70.1. The van der Waals surface area contributed by atoms with Gasteiger partial charge in [0.25, 0.3) is 0 Å². The number of hydrogen-bond acceptors (Lipinski definition) is 5. The van der Waals surface area contributed by atoms with Crippen molar-refractivity contribution in [2.45, 2.75) is 437 Å². The number of carbonyl (C=O) groups excluding carboxylic acids is 2. The summed E-state index contributed by atoms with van der Waals surface area (Å²) < 4.78 is 5.50. The number of allylic oxidation sites excluding steroid dienone is 2. The van der Waals surface area contributed by atoms with Gasteiger partial charge in [0, 0.05) is 12.8 Å². The standard InChI is InChI=1S/C74H145NO5/c1-3-5-7-9-11-13-15-16-40-44-48-52-56-60-64-68-74(79)80-69-65-61-57-53-49-45-42-39-37-35-33-31-29-27-25-23-21-19-17-18-20-22-24-26-28-30-32-34-36-38-41-43-47-51-55-59-63-67-73(78)75-71(70-76)72(77)66-62-58-54-50-46-14-12-10-8-6-4-2/h17,19,71-72,76-77H,3-16,18,20-70H2,1-2H3,(H,75,78)/b19-17-. The van der Waals surface area contributed by atoms with E-state index in [1.807, 2.05) is 0 Å². The summed E-state index contributed by atoms with van der Waals surface area (Å²) >= 11 is 0. The lowest BCUT2D eigenvalue weighted by Gasteiger charge is -2.22. The number of rotatable bonds is 70. The number of aliphatic hydroxyl groups excluding tert-OH is 2. The monoisotopic (exact) mass is 1130 g/mol. The summed E-state index contributed by atoms with van der Waals surface area (Å²) in [7, 11) is 0. The van der Waals surface area contributed by atoms with Gasteiger partial charge in [-0.2, -0.15) is 0 Å². The summed E-state index contributed by atoms with van der Waals surface area (Å²) in [5, 5.41) is 23.2. The molecule has 80 heavy (non-hydrogen) atoms. The van der Waals surface area contributed by atoms with Gasteiger partial charge >= 0.3 is 5.97 Å². The molecule has 0 fully saturated rings. The lowest BCUT2D eigenvalue weighted by molar-refractivity contribution is -0.143. The number of nitrogens with one attached hydrogen (secondary N) is 1. The van der Waals surface area contributed by atoms with Crippen LogP contribution in [0.25, 0.3) is 0 Å². The van der Waals surface area contributed by atoms with Gasteiger partial charge in [-0.1, -0.05) is 373 Å². The molecule has 0 saturated heterocycles. The van der Waals surface area contributed by atoms with Crippen LogP contribution in [-0.4, -0.2) is 47.4 Å². The first-order valence-corrected chi connectivity index (χ1v) is 36.9. The molecule has 0 aliphatic carbocycles. The Balaban J connectivity index is 3.29. The van der Waals surface area contributed by atoms with E-state index in [-0.39, 0.29) is 18.5 Å². The minimum atomic E-state index is -0.659. The normalized spacial score (nSPS) is 12.5. The molecule has 0 rings (SSSR count). The van der Waals surface area contributed by atoms with Gasteiger partial charge in [0.15, 0.2) is 0 Å². The maximum absolute atomic E-state index is 12.5. The van der Waals surface area contributed by atoms with Gasteiger partial charge in [-0.15, -0.1) is 0 Å². The van der Waals surface area contributed by atoms with Crippen molar-refractivity contribution >= 4 is 11.9 Å². The van der Waals surface area contributed by atoms with E-state index in [4.69, 9.17) is 4.74 Å². The van der Waals surface area contributed by atoms with Crippen LogP contribution in [0, 0.1) is 0 Å². The summed E-state index contributed by atoms with van der Waals surface area (Å²) in [4.78, 5) is 24.5. The van der Waals surface area contributed by atoms with Crippen LogP contribution in [0.15, 0.2) is 12.2 Å². The number of ether oxygens (including phenoxy) is 1. The van der Waals surface area contributed by atoms with E-state index >= 15 is 0 Å². The highest BCUT2D eigenvalue weighted by Gasteiger charge is 2.20. The van der Waals surface area contributed by atoms with Crippen LogP contribution in [0.2, 0.25) is 0 Å². The van der Waals surface area contributed by atoms with Crippen molar-refractivity contribution in [2.75, 3.05) is 13.2 Å². The van der Waals surface area contributed by atoms with Crippen molar-refractivity contribution in [3.63, 3.8) is 0 Å². The number of hydrogen-bond donors (Lipinski definition) is 3. The molecule has 2 atom stereocenters. The SMILES string of the molecule is CCCCCCCCCCCCCCCCCC(=O)OCCCCCCCCCCCCCCCCCC/C=C\CCCCCCCCCCCCCCCCCCCC(=O)NC(CO)C(O)CCCCCCCCCCCCC. The first-order chi connectivity index (χ1) is 39.5. The molecule has 3 N–H and O–H groups in total. The summed E-state index contributed by atoms with van der Waals surface area (Å²) in [6.07, 6.45) is 87.3. The molecule has 0 aromatic heterocycles. The second-order valence-electron chi connectivity index (χ2n) is 25.6. The summed E-state index contributed by atoms with van der Waals surface area (Å²) in [5.74, 6) is -0.00430. The molecule has 0 aliphatic heterocycles. The number of aliphatic hydroxyl groups is 2. The van der Waals surface area contributed by atoms with Gasteiger partial charge < -0.3 is 20.3 Å². The van der Waals surface area contributed by atoms with Crippen molar-refractivity contribution in [3.8, 4) is 0 Å². The third-order valence-electron chi connectivity index (χ3n) is 17.6. The number of unbranched alkanes of at least 4 members (excludes halogenated alkanes) is 57. The van der Waals surface area contributed by atoms with Gasteiger partial charge in [-0.05, 0) is 51.4 Å². The fourth-order valence-electron chi connectivity index (χ4n) is 11.9. The molecule has 0 saturated carbocycles. The fraction of sp³-hybridized carbons (Fsp3) is 0.946. The third kappa shape index (κ3) is 65.7.